The molecule has 3 nitrogen and oxygen atoms in total. The predicted octanol–water partition coefficient (Wildman–Crippen LogP) is 0.0294. The van der Waals surface area contributed by atoms with Gasteiger partial charge < -0.3 is 14.7 Å². The van der Waals surface area contributed by atoms with E-state index in [4.69, 9.17) is 10.0 Å². The Bertz CT molecular complexity index is 278. The van der Waals surface area contributed by atoms with Crippen LogP contribution in [0.15, 0.2) is 30.8 Å². The van der Waals surface area contributed by atoms with Crippen LogP contribution in [0.3, 0.4) is 0 Å². The zero-order valence-electron chi connectivity index (χ0n) is 6.47. The second-order valence-corrected chi connectivity index (χ2v) is 2.19. The quantitative estimate of drug-likeness (QED) is 0.683. The summed E-state index contributed by atoms with van der Waals surface area (Å²) in [6.45, 7) is 3.56. The molecule has 13 heavy (non-hydrogen) atoms. The van der Waals surface area contributed by atoms with E-state index in [0.717, 1.165) is 5.56 Å². The van der Waals surface area contributed by atoms with Crippen LogP contribution in [-0.2, 0) is 0 Å². The minimum atomic E-state index is -1.79. The molecule has 0 spiro atoms. The molecule has 0 saturated heterocycles. The van der Waals surface area contributed by atoms with Crippen molar-refractivity contribution in [2.75, 3.05) is 0 Å². The Hall–Kier alpha value is 0.381. The summed E-state index contributed by atoms with van der Waals surface area (Å²) in [4.78, 5) is 0. The molecule has 0 heterocycles. The van der Waals surface area contributed by atoms with Gasteiger partial charge in [0.1, 0.15) is 5.75 Å². The molecule has 1 aromatic rings. The summed E-state index contributed by atoms with van der Waals surface area (Å²) in [5.74, 6) is 0.405. The van der Waals surface area contributed by atoms with Gasteiger partial charge in [-0.25, -0.2) is 0 Å². The summed E-state index contributed by atoms with van der Waals surface area (Å²) in [5.41, 5.74) is 0.727. The molecular weight excluding hydrogens is 194 g/mol. The van der Waals surface area contributed by atoms with Crippen molar-refractivity contribution in [1.29, 1.82) is 0 Å². The molecule has 0 atom stereocenters. The van der Waals surface area contributed by atoms with E-state index in [0.29, 0.717) is 5.75 Å². The van der Waals surface area contributed by atoms with Gasteiger partial charge in [-0.3, -0.25) is 0 Å². The average molecular weight is 204 g/mol. The monoisotopic (exact) mass is 204 g/mol. The fraction of sp³-hybridized carbons (Fsp3) is 0. The average Bonchev–Trinajstić information content (AvgIpc) is 2.04. The molecule has 0 fully saturated rings. The van der Waals surface area contributed by atoms with Crippen molar-refractivity contribution in [2.24, 2.45) is 0 Å². The van der Waals surface area contributed by atoms with Crippen molar-refractivity contribution in [3.8, 4) is 5.75 Å². The molecule has 0 saturated carbocycles. The SMILES string of the molecule is C=Cc1ccccc1OB(O)O.[KH]. The first-order valence-electron chi connectivity index (χ1n) is 3.48. The van der Waals surface area contributed by atoms with Crippen LogP contribution in [0.5, 0.6) is 5.75 Å². The maximum absolute atomic E-state index is 8.52. The van der Waals surface area contributed by atoms with Crippen molar-refractivity contribution in [3.63, 3.8) is 0 Å². The van der Waals surface area contributed by atoms with Crippen molar-refractivity contribution in [1.82, 2.24) is 0 Å². The van der Waals surface area contributed by atoms with Crippen LogP contribution in [-0.4, -0.2) is 68.8 Å². The van der Waals surface area contributed by atoms with Gasteiger partial charge in [0, 0.05) is 5.56 Å². The summed E-state index contributed by atoms with van der Waals surface area (Å²) < 4.78 is 4.68. The topological polar surface area (TPSA) is 49.7 Å². The Labute approximate surface area is 120 Å². The molecule has 0 aliphatic heterocycles. The second-order valence-electron chi connectivity index (χ2n) is 2.19. The third-order valence-electron chi connectivity index (χ3n) is 1.37. The van der Waals surface area contributed by atoms with Crippen LogP contribution in [0.25, 0.3) is 6.08 Å². The molecule has 5 heteroatoms. The van der Waals surface area contributed by atoms with E-state index in [9.17, 15) is 0 Å². The van der Waals surface area contributed by atoms with E-state index >= 15 is 0 Å². The van der Waals surface area contributed by atoms with Gasteiger partial charge in [-0.2, -0.15) is 0 Å². The standard InChI is InChI=1S/C8H9BO3.K.H/c1-2-7-5-3-4-6-8(7)12-9(10)11;;/h2-6,10-11H,1H2;;. The Morgan fingerprint density at radius 1 is 1.31 bits per heavy atom. The summed E-state index contributed by atoms with van der Waals surface area (Å²) in [6.07, 6.45) is 1.58. The molecule has 2 N–H and O–H groups in total. The molecule has 0 amide bonds. The first-order valence-corrected chi connectivity index (χ1v) is 3.48. The molecule has 0 aromatic heterocycles. The second kappa shape index (κ2) is 6.78. The van der Waals surface area contributed by atoms with Gasteiger partial charge in [-0.15, -0.1) is 0 Å². The number of hydrogen-bond acceptors (Lipinski definition) is 3. The molecule has 0 aliphatic carbocycles. The minimum absolute atomic E-state index is 0. The number of para-hydroxylation sites is 1. The zero-order chi connectivity index (χ0) is 8.97. The molecule has 0 aliphatic rings. The van der Waals surface area contributed by atoms with Crippen LogP contribution in [0.2, 0.25) is 0 Å². The Kier molecular flexibility index (Phi) is 6.98. The van der Waals surface area contributed by atoms with Crippen molar-refractivity contribution in [2.45, 2.75) is 0 Å². The van der Waals surface area contributed by atoms with Crippen molar-refractivity contribution >= 4 is 64.8 Å². The third-order valence-corrected chi connectivity index (χ3v) is 1.37. The molecule has 1 aromatic carbocycles. The van der Waals surface area contributed by atoms with Gasteiger partial charge in [-0.1, -0.05) is 30.9 Å². The summed E-state index contributed by atoms with van der Waals surface area (Å²) >= 11 is 0. The molecule has 0 bridgehead atoms. The zero-order valence-corrected chi connectivity index (χ0v) is 6.47. The number of benzene rings is 1. The van der Waals surface area contributed by atoms with E-state index in [1.54, 1.807) is 24.3 Å². The van der Waals surface area contributed by atoms with Crippen LogP contribution >= 0.6 is 0 Å². The number of rotatable bonds is 3. The van der Waals surface area contributed by atoms with Gasteiger partial charge in [0.05, 0.1) is 0 Å². The third kappa shape index (κ3) is 4.42. The summed E-state index contributed by atoms with van der Waals surface area (Å²) in [7, 11) is -1.79. The van der Waals surface area contributed by atoms with Gasteiger partial charge >= 0.3 is 58.7 Å². The van der Waals surface area contributed by atoms with Crippen LogP contribution in [0, 0.1) is 0 Å². The van der Waals surface area contributed by atoms with Crippen LogP contribution in [0.1, 0.15) is 5.56 Å². The number of hydrogen-bond donors (Lipinski definition) is 2. The molecule has 1 rings (SSSR count). The van der Waals surface area contributed by atoms with Gasteiger partial charge in [0.15, 0.2) is 0 Å². The molecular formula is C8H10BKO3. The Morgan fingerprint density at radius 2 is 1.92 bits per heavy atom. The first-order chi connectivity index (χ1) is 5.74. The molecule has 0 radical (unpaired) electrons. The van der Waals surface area contributed by atoms with Gasteiger partial charge in [-0.05, 0) is 6.07 Å². The molecule has 64 valence electrons. The fourth-order valence-corrected chi connectivity index (χ4v) is 0.870. The van der Waals surface area contributed by atoms with E-state index in [-0.39, 0.29) is 51.4 Å². The first kappa shape index (κ1) is 13.4. The fourth-order valence-electron chi connectivity index (χ4n) is 0.870. The predicted molar refractivity (Wildman–Crippen MR) is 54.5 cm³/mol. The normalized spacial score (nSPS) is 8.46. The Morgan fingerprint density at radius 3 is 2.46 bits per heavy atom. The van der Waals surface area contributed by atoms with E-state index < -0.39 is 7.32 Å². The summed E-state index contributed by atoms with van der Waals surface area (Å²) in [6, 6.07) is 6.96. The van der Waals surface area contributed by atoms with Crippen molar-refractivity contribution in [3.05, 3.63) is 36.4 Å². The van der Waals surface area contributed by atoms with Crippen LogP contribution < -0.4 is 4.65 Å². The van der Waals surface area contributed by atoms with E-state index in [2.05, 4.69) is 11.2 Å². The maximum atomic E-state index is 8.52. The van der Waals surface area contributed by atoms with E-state index in [1.807, 2.05) is 6.07 Å². The summed E-state index contributed by atoms with van der Waals surface area (Å²) in [5, 5.41) is 17.0. The van der Waals surface area contributed by atoms with E-state index in [1.165, 1.54) is 0 Å². The van der Waals surface area contributed by atoms with Gasteiger partial charge in [0.25, 0.3) is 0 Å². The van der Waals surface area contributed by atoms with Crippen molar-refractivity contribution < 1.29 is 14.7 Å². The molecule has 0 unspecified atom stereocenters. The van der Waals surface area contributed by atoms with Crippen LogP contribution in [0.4, 0.5) is 0 Å². The van der Waals surface area contributed by atoms with Gasteiger partial charge in [0.2, 0.25) is 0 Å². The Balaban J connectivity index is 0.00000144.